The average molecular weight is 1120 g/mol. The van der Waals surface area contributed by atoms with Gasteiger partial charge in [0.25, 0.3) is 12.0 Å². The lowest BCUT2D eigenvalue weighted by molar-refractivity contribution is -0.127. The summed E-state index contributed by atoms with van der Waals surface area (Å²) in [4.78, 5) is 92.1. The Bertz CT molecular complexity index is 2690. The molecule has 1 saturated heterocycles. The maximum Gasteiger partial charge on any atom is 0.506 e. The number of fused-ring (bicyclic) bond motifs is 4. The van der Waals surface area contributed by atoms with Crippen molar-refractivity contribution in [3.8, 4) is 17.1 Å². The minimum absolute atomic E-state index is 0.0417. The van der Waals surface area contributed by atoms with Gasteiger partial charge < -0.3 is 76.0 Å². The van der Waals surface area contributed by atoms with E-state index in [1.807, 2.05) is 75.3 Å². The number of aliphatic hydroxyl groups excluding tert-OH is 2. The summed E-state index contributed by atoms with van der Waals surface area (Å²) in [5.74, 6) is -2.31. The Morgan fingerprint density at radius 1 is 0.861 bits per heavy atom. The van der Waals surface area contributed by atoms with Gasteiger partial charge in [-0.05, 0) is 99.9 Å². The van der Waals surface area contributed by atoms with Crippen LogP contribution in [0.25, 0.3) is 22.3 Å². The number of nitrogens with one attached hydrogen (secondary N) is 4. The molecule has 4 aromatic rings. The molecule has 0 spiro atoms. The van der Waals surface area contributed by atoms with Crippen LogP contribution in [0.3, 0.4) is 0 Å². The van der Waals surface area contributed by atoms with Crippen LogP contribution in [0.1, 0.15) is 114 Å². The summed E-state index contributed by atoms with van der Waals surface area (Å²) < 4.78 is 35.1. The highest BCUT2D eigenvalue weighted by Crippen LogP contribution is 2.41. The molecule has 3 aliphatic rings. The van der Waals surface area contributed by atoms with Crippen molar-refractivity contribution < 1.29 is 82.4 Å². The zero-order valence-electron chi connectivity index (χ0n) is 47.2. The fourth-order valence-electron chi connectivity index (χ4n) is 7.27. The standard InChI is InChI=1S/C22H19FN2O4.C15H19N5O7.C5H10O3.C5H12O.3C2H6.CH2O2/c1-10-6-18-20-14(8-25(18)21(26)15(10)9-29-22(27)28)13-5-3-4-12-11(2)16(23)7-17(24-20)19(12)13;16-15(26)27-7-9-1-2-11(22)10(3-9)20-14(25)6-19-13(24)5-18-12(23)4-17-8-21;6-4-1-5(7)3-8-2-4;1-5(2,3)6-4;3*1-2;2-1-3/h6-7H,3-5,8-9H2,1-2H3,(H,27,28);1-3,8,22H,4-7H2,(H2,16,26)(H,17,21)(H,18,23)(H,19,24)(H,20,25);4-7H,1-3H2;1-4H3;3*1-2H3;1H,(H,2,3). The van der Waals surface area contributed by atoms with Gasteiger partial charge in [0.15, 0.2) is 0 Å². The molecule has 4 heterocycles. The minimum atomic E-state index is -1.42. The van der Waals surface area contributed by atoms with Crippen molar-refractivity contribution >= 4 is 59.4 Å². The first kappa shape index (κ1) is 71.3. The van der Waals surface area contributed by atoms with Crippen molar-refractivity contribution in [1.29, 1.82) is 0 Å². The Balaban J connectivity index is 0.00000111. The summed E-state index contributed by atoms with van der Waals surface area (Å²) in [6.07, 6.45) is 0.133. The topological polar surface area (TPSA) is 367 Å². The van der Waals surface area contributed by atoms with Crippen molar-refractivity contribution in [3.63, 3.8) is 0 Å². The Morgan fingerprint density at radius 3 is 1.94 bits per heavy atom. The van der Waals surface area contributed by atoms with Crippen molar-refractivity contribution in [3.05, 3.63) is 85.4 Å². The number of carboxylic acid groups (broad SMARTS) is 2. The highest BCUT2D eigenvalue weighted by Gasteiger charge is 2.30. The predicted molar refractivity (Wildman–Crippen MR) is 293 cm³/mol. The van der Waals surface area contributed by atoms with E-state index in [2.05, 4.69) is 30.7 Å². The van der Waals surface area contributed by atoms with Crippen LogP contribution in [-0.4, -0.2) is 136 Å². The SMILES string of the molecule is CC.CC.CC.COC(C)(C)C.Cc1cc2n(c(=O)c1COC(=O)O)Cc1c-2nc2cc(F)c(C)c3c2c1CCC3.NC(=O)OCc1ccc(O)c(NC(=O)CNC(=O)CNC(=O)CNC=O)c1.O=CO.OC1COCC(O)C1. The Labute approximate surface area is 459 Å². The van der Waals surface area contributed by atoms with Gasteiger partial charge in [0.1, 0.15) is 24.8 Å². The zero-order chi connectivity index (χ0) is 60.6. The molecule has 7 rings (SSSR count). The largest absolute Gasteiger partial charge is 0.506 e. The number of rotatable bonds is 12. The van der Waals surface area contributed by atoms with E-state index in [4.69, 9.17) is 45.4 Å². The Kier molecular flexibility index (Phi) is 33.5. The third-order valence-corrected chi connectivity index (χ3v) is 10.9. The number of primary amides is 1. The van der Waals surface area contributed by atoms with Crippen LogP contribution in [0, 0.1) is 19.7 Å². The summed E-state index contributed by atoms with van der Waals surface area (Å²) in [5.41, 5.74) is 12.0. The van der Waals surface area contributed by atoms with Crippen LogP contribution < -0.4 is 32.6 Å². The molecule has 24 nitrogen and oxygen atoms in total. The van der Waals surface area contributed by atoms with Gasteiger partial charge >= 0.3 is 12.2 Å². The average Bonchev–Trinajstić information content (AvgIpc) is 4.03. The molecule has 1 fully saturated rings. The number of hydrogen-bond donors (Lipinski definition) is 10. The van der Waals surface area contributed by atoms with E-state index in [9.17, 15) is 43.1 Å². The van der Waals surface area contributed by atoms with E-state index < -0.39 is 48.7 Å². The number of pyridine rings is 2. The van der Waals surface area contributed by atoms with Gasteiger partial charge in [-0.3, -0.25) is 28.8 Å². The van der Waals surface area contributed by atoms with E-state index in [-0.39, 0.29) is 61.2 Å². The van der Waals surface area contributed by atoms with Gasteiger partial charge in [-0.1, -0.05) is 47.6 Å². The van der Waals surface area contributed by atoms with Crippen molar-refractivity contribution in [2.75, 3.05) is 45.3 Å². The van der Waals surface area contributed by atoms with Crippen molar-refractivity contribution in [2.45, 2.75) is 139 Å². The Morgan fingerprint density at radius 2 is 1.42 bits per heavy atom. The highest BCUT2D eigenvalue weighted by molar-refractivity contribution is 5.96. The third-order valence-electron chi connectivity index (χ3n) is 10.9. The first-order valence-corrected chi connectivity index (χ1v) is 25.5. The van der Waals surface area contributed by atoms with E-state index in [1.54, 1.807) is 18.6 Å². The molecule has 2 aliphatic heterocycles. The Hall–Kier alpha value is -7.74. The summed E-state index contributed by atoms with van der Waals surface area (Å²) in [6, 6.07) is 7.46. The van der Waals surface area contributed by atoms with E-state index >= 15 is 0 Å². The number of anilines is 1. The number of ether oxygens (including phenoxy) is 4. The lowest BCUT2D eigenvalue weighted by Crippen LogP contribution is -2.42. The van der Waals surface area contributed by atoms with Crippen LogP contribution in [0.4, 0.5) is 19.7 Å². The zero-order valence-corrected chi connectivity index (χ0v) is 47.2. The molecule has 440 valence electrons. The molecular weight excluding hydrogens is 1040 g/mol. The number of halogens is 1. The quantitative estimate of drug-likeness (QED) is 0.0441. The number of aryl methyl sites for hydroxylation is 3. The molecular formula is C54H80FN7O17. The summed E-state index contributed by atoms with van der Waals surface area (Å²) >= 11 is 0. The molecule has 0 saturated carbocycles. The number of aliphatic hydroxyl groups is 2. The summed E-state index contributed by atoms with van der Waals surface area (Å²) in [5, 5.41) is 53.0. The number of carbonyl (C=O) groups is 7. The maximum atomic E-state index is 14.5. The van der Waals surface area contributed by atoms with Crippen LogP contribution in [-0.2, 0) is 75.5 Å². The first-order valence-electron chi connectivity index (χ1n) is 25.5. The van der Waals surface area contributed by atoms with Gasteiger partial charge in [0.05, 0.1) is 85.4 Å². The van der Waals surface area contributed by atoms with Crippen molar-refractivity contribution in [2.24, 2.45) is 5.73 Å². The van der Waals surface area contributed by atoms with E-state index in [0.717, 1.165) is 47.0 Å². The monoisotopic (exact) mass is 1120 g/mol. The normalized spacial score (nSPS) is 13.8. The van der Waals surface area contributed by atoms with Gasteiger partial charge in [0.2, 0.25) is 24.1 Å². The molecule has 79 heavy (non-hydrogen) atoms. The smallest absolute Gasteiger partial charge is 0.506 e. The number of phenolic OH excluding ortho intramolecular Hbond substituents is 1. The second-order valence-corrected chi connectivity index (χ2v) is 17.3. The van der Waals surface area contributed by atoms with Crippen LogP contribution in [0.2, 0.25) is 0 Å². The van der Waals surface area contributed by atoms with Gasteiger partial charge in [-0.25, -0.2) is 19.0 Å². The number of carbonyl (C=O) groups excluding carboxylic acids is 5. The number of amides is 5. The van der Waals surface area contributed by atoms with E-state index in [1.165, 1.54) is 24.3 Å². The predicted octanol–water partition coefficient (Wildman–Crippen LogP) is 5.11. The molecule has 25 heteroatoms. The van der Waals surface area contributed by atoms with Crippen LogP contribution in [0.5, 0.6) is 5.75 Å². The molecule has 5 amide bonds. The molecule has 2 unspecified atom stereocenters. The van der Waals surface area contributed by atoms with Gasteiger partial charge in [-0.15, -0.1) is 0 Å². The molecule has 1 aliphatic carbocycles. The number of hydrogen-bond acceptors (Lipinski definition) is 16. The van der Waals surface area contributed by atoms with Gasteiger partial charge in [-0.2, -0.15) is 0 Å². The maximum absolute atomic E-state index is 14.5. The summed E-state index contributed by atoms with van der Waals surface area (Å²) in [6.45, 7) is 21.0. The molecule has 2 aromatic carbocycles. The number of nitrogens with two attached hydrogens (primary N) is 1. The fraction of sp³-hybridized carbons (Fsp3) is 0.500. The second kappa shape index (κ2) is 37.1. The van der Waals surface area contributed by atoms with Gasteiger partial charge in [0, 0.05) is 30.5 Å². The lowest BCUT2D eigenvalue weighted by atomic mass is 9.85. The second-order valence-electron chi connectivity index (χ2n) is 17.3. The number of methoxy groups -OCH3 is 1. The number of phenols is 1. The lowest BCUT2D eigenvalue weighted by Gasteiger charge is -2.21. The molecule has 11 N–H and O–H groups in total. The number of aromatic hydroxyl groups is 1. The number of benzene rings is 2. The third kappa shape index (κ3) is 24.2. The fourth-order valence-corrected chi connectivity index (χ4v) is 7.27. The molecule has 2 aromatic heterocycles. The molecule has 0 bridgehead atoms. The molecule has 2 atom stereocenters. The van der Waals surface area contributed by atoms with Crippen LogP contribution >= 0.6 is 0 Å². The van der Waals surface area contributed by atoms with Crippen LogP contribution in [0.15, 0.2) is 35.1 Å². The minimum Gasteiger partial charge on any atom is -0.506 e. The highest BCUT2D eigenvalue weighted by atomic mass is 19.1. The number of aromatic nitrogens is 2. The van der Waals surface area contributed by atoms with E-state index in [0.29, 0.717) is 66.1 Å². The van der Waals surface area contributed by atoms with Crippen molar-refractivity contribution in [1.82, 2.24) is 25.5 Å². The number of nitrogens with zero attached hydrogens (tertiary/aromatic N) is 2. The summed E-state index contributed by atoms with van der Waals surface area (Å²) in [7, 11) is 1.71. The first-order chi connectivity index (χ1) is 37.4. The molecule has 0 radical (unpaired) electrons.